The summed E-state index contributed by atoms with van der Waals surface area (Å²) < 4.78 is 7.98. The Hall–Kier alpha value is -4.55. The molecule has 0 aliphatic carbocycles. The molecule has 1 saturated heterocycles. The number of benzene rings is 3. The minimum absolute atomic E-state index is 0.174. The van der Waals surface area contributed by atoms with E-state index in [9.17, 15) is 4.79 Å². The van der Waals surface area contributed by atoms with Crippen molar-refractivity contribution in [1.82, 2.24) is 9.47 Å². The van der Waals surface area contributed by atoms with E-state index in [1.807, 2.05) is 66.7 Å². The van der Waals surface area contributed by atoms with E-state index in [-0.39, 0.29) is 5.91 Å². The van der Waals surface area contributed by atoms with Crippen LogP contribution in [0.1, 0.15) is 49.0 Å². The van der Waals surface area contributed by atoms with Gasteiger partial charge in [0.2, 0.25) is 0 Å². The molecule has 6 nitrogen and oxygen atoms in total. The van der Waals surface area contributed by atoms with Crippen LogP contribution in [0.3, 0.4) is 0 Å². The topological polar surface area (TPSA) is 72.5 Å². The minimum Gasteiger partial charge on any atom is -0.457 e. The van der Waals surface area contributed by atoms with Crippen LogP contribution in [0.25, 0.3) is 18.3 Å². The molecule has 1 fully saturated rings. The molecule has 216 valence electrons. The molecule has 1 aliphatic rings. The Morgan fingerprint density at radius 2 is 1.79 bits per heavy atom. The van der Waals surface area contributed by atoms with Crippen LogP contribution < -0.4 is 26.4 Å². The number of hydrogen-bond acceptors (Lipinski definition) is 4. The van der Waals surface area contributed by atoms with Crippen LogP contribution in [0, 0.1) is 0 Å². The van der Waals surface area contributed by atoms with Crippen molar-refractivity contribution in [2.24, 2.45) is 0 Å². The molecule has 0 saturated carbocycles. The first kappa shape index (κ1) is 29.0. The van der Waals surface area contributed by atoms with E-state index in [1.54, 1.807) is 6.07 Å². The third kappa shape index (κ3) is 7.01. The predicted molar refractivity (Wildman–Crippen MR) is 174 cm³/mol. The molecule has 1 aliphatic heterocycles. The summed E-state index contributed by atoms with van der Waals surface area (Å²) in [5.74, 6) is 1.15. The van der Waals surface area contributed by atoms with Gasteiger partial charge in [-0.05, 0) is 112 Å². The van der Waals surface area contributed by atoms with E-state index in [2.05, 4.69) is 59.6 Å². The predicted octanol–water partition coefficient (Wildman–Crippen LogP) is 6.29. The van der Waals surface area contributed by atoms with Crippen molar-refractivity contribution in [3.8, 4) is 17.2 Å². The maximum atomic E-state index is 13.0. The van der Waals surface area contributed by atoms with Crippen molar-refractivity contribution in [2.45, 2.75) is 45.6 Å². The highest BCUT2D eigenvalue weighted by atomic mass is 16.5. The average molecular weight is 561 g/mol. The molecule has 1 unspecified atom stereocenters. The highest BCUT2D eigenvalue weighted by Gasteiger charge is 2.19. The number of nitrogens with one attached hydrogen (secondary N) is 1. The van der Waals surface area contributed by atoms with Crippen molar-refractivity contribution in [3.63, 3.8) is 0 Å². The van der Waals surface area contributed by atoms with E-state index in [0.29, 0.717) is 34.5 Å². The maximum Gasteiger partial charge on any atom is 0.255 e. The van der Waals surface area contributed by atoms with Gasteiger partial charge in [0.1, 0.15) is 11.5 Å². The second-order valence-electron chi connectivity index (χ2n) is 10.9. The Morgan fingerprint density at radius 1 is 1.05 bits per heavy atom. The quantitative estimate of drug-likeness (QED) is 0.224. The van der Waals surface area contributed by atoms with Gasteiger partial charge in [-0.3, -0.25) is 4.79 Å². The number of nitrogen functional groups attached to an aromatic ring is 1. The van der Waals surface area contributed by atoms with Crippen LogP contribution in [0.15, 0.2) is 91.1 Å². The summed E-state index contributed by atoms with van der Waals surface area (Å²) in [4.78, 5) is 15.6. The van der Waals surface area contributed by atoms with Gasteiger partial charge in [-0.25, -0.2) is 0 Å². The van der Waals surface area contributed by atoms with Gasteiger partial charge in [-0.15, -0.1) is 0 Å². The molecule has 0 radical (unpaired) electrons. The Bertz CT molecular complexity index is 1650. The fraction of sp³-hybridized carbons (Fsp3) is 0.250. The summed E-state index contributed by atoms with van der Waals surface area (Å²) in [5, 5.41) is 5.10. The summed E-state index contributed by atoms with van der Waals surface area (Å²) in [5.41, 5.74) is 10.0. The van der Waals surface area contributed by atoms with Gasteiger partial charge < -0.3 is 25.3 Å². The van der Waals surface area contributed by atoms with Crippen LogP contribution in [0.4, 0.5) is 11.4 Å². The number of likely N-dealkylation sites (tertiary alicyclic amines) is 1. The lowest BCUT2D eigenvalue weighted by atomic mass is 10.1. The Morgan fingerprint density at radius 3 is 2.48 bits per heavy atom. The summed E-state index contributed by atoms with van der Waals surface area (Å²) in [6.07, 6.45) is 13.2. The molecule has 5 rings (SSSR count). The molecule has 3 aromatic carbocycles. The molecule has 6 heteroatoms. The largest absolute Gasteiger partial charge is 0.457 e. The molecule has 42 heavy (non-hydrogen) atoms. The second kappa shape index (κ2) is 13.4. The molecule has 0 bridgehead atoms. The first-order valence-corrected chi connectivity index (χ1v) is 14.8. The number of ether oxygens (including phenoxy) is 1. The van der Waals surface area contributed by atoms with Crippen molar-refractivity contribution in [2.75, 3.05) is 24.1 Å². The van der Waals surface area contributed by atoms with Gasteiger partial charge >= 0.3 is 0 Å². The molecule has 1 atom stereocenters. The van der Waals surface area contributed by atoms with Crippen LogP contribution >= 0.6 is 0 Å². The molecule has 2 heterocycles. The SMILES string of the molecule is C=c1/c(=C\C=C/CC)c(CC(C)N2CCCC2)cn1-c1ccc(C(=O)Nc2ccc(Oc3cccc(N)c3)cc2)cc1. The fourth-order valence-corrected chi connectivity index (χ4v) is 5.44. The minimum atomic E-state index is -0.174. The number of aromatic nitrogens is 1. The van der Waals surface area contributed by atoms with E-state index in [1.165, 1.54) is 36.7 Å². The Kier molecular flexibility index (Phi) is 9.25. The first-order chi connectivity index (χ1) is 20.4. The van der Waals surface area contributed by atoms with Gasteiger partial charge in [-0.1, -0.05) is 37.8 Å². The number of rotatable bonds is 10. The first-order valence-electron chi connectivity index (χ1n) is 14.8. The van der Waals surface area contributed by atoms with Crippen molar-refractivity contribution in [1.29, 1.82) is 0 Å². The zero-order valence-corrected chi connectivity index (χ0v) is 24.6. The second-order valence-corrected chi connectivity index (χ2v) is 10.9. The highest BCUT2D eigenvalue weighted by molar-refractivity contribution is 6.04. The normalized spacial score (nSPS) is 14.9. The summed E-state index contributed by atoms with van der Waals surface area (Å²) in [6.45, 7) is 11.3. The standard InChI is InChI=1S/C36H40N4O2/c1-4-5-6-12-35-27(3)40(25-29(35)23-26(2)39-21-7-8-22-39)32-17-13-28(14-18-32)36(41)38-31-15-19-33(20-16-31)42-34-11-9-10-30(37)24-34/h5-6,9-20,24-26H,3-4,7-8,21-23,37H2,1-2H3,(H,38,41)/b6-5-,35-12+. The van der Waals surface area contributed by atoms with Gasteiger partial charge in [0.05, 0.1) is 0 Å². The van der Waals surface area contributed by atoms with E-state index in [0.717, 1.165) is 23.9 Å². The van der Waals surface area contributed by atoms with Crippen LogP contribution in [-0.2, 0) is 6.42 Å². The smallest absolute Gasteiger partial charge is 0.255 e. The number of carbonyl (C=O) groups excluding carboxylic acids is 1. The summed E-state index contributed by atoms with van der Waals surface area (Å²) in [6, 6.07) is 22.7. The zero-order valence-electron chi connectivity index (χ0n) is 24.6. The molecular formula is C36H40N4O2. The van der Waals surface area contributed by atoms with Gasteiger partial charge in [0.25, 0.3) is 5.91 Å². The third-order valence-electron chi connectivity index (χ3n) is 7.76. The van der Waals surface area contributed by atoms with Crippen LogP contribution in [0.2, 0.25) is 0 Å². The lowest BCUT2D eigenvalue weighted by Crippen LogP contribution is -2.34. The van der Waals surface area contributed by atoms with Crippen molar-refractivity contribution < 1.29 is 9.53 Å². The van der Waals surface area contributed by atoms with Crippen molar-refractivity contribution in [3.05, 3.63) is 113 Å². The Labute approximate surface area is 248 Å². The molecule has 1 amide bonds. The van der Waals surface area contributed by atoms with Crippen LogP contribution in [0.5, 0.6) is 11.5 Å². The molecule has 0 spiro atoms. The molecule has 4 aromatic rings. The fourth-order valence-electron chi connectivity index (χ4n) is 5.44. The van der Waals surface area contributed by atoms with E-state index >= 15 is 0 Å². The van der Waals surface area contributed by atoms with E-state index < -0.39 is 0 Å². The number of carbonyl (C=O) groups is 1. The molecular weight excluding hydrogens is 520 g/mol. The maximum absolute atomic E-state index is 13.0. The third-order valence-corrected chi connectivity index (χ3v) is 7.76. The lowest BCUT2D eigenvalue weighted by molar-refractivity contribution is 0.102. The molecule has 1 aromatic heterocycles. The number of hydrogen-bond donors (Lipinski definition) is 2. The summed E-state index contributed by atoms with van der Waals surface area (Å²) in [7, 11) is 0. The molecule has 3 N–H and O–H groups in total. The number of nitrogens with zero attached hydrogens (tertiary/aromatic N) is 2. The van der Waals surface area contributed by atoms with Gasteiger partial charge in [-0.2, -0.15) is 0 Å². The van der Waals surface area contributed by atoms with Crippen molar-refractivity contribution >= 4 is 29.9 Å². The lowest BCUT2D eigenvalue weighted by Gasteiger charge is -2.23. The van der Waals surface area contributed by atoms with Crippen LogP contribution in [-0.4, -0.2) is 34.5 Å². The Balaban J connectivity index is 1.29. The van der Waals surface area contributed by atoms with Gasteiger partial charge in [0.15, 0.2) is 0 Å². The average Bonchev–Trinajstić information content (AvgIpc) is 3.64. The number of allylic oxidation sites excluding steroid dienone is 2. The monoisotopic (exact) mass is 560 g/mol. The zero-order chi connectivity index (χ0) is 29.5. The highest BCUT2D eigenvalue weighted by Crippen LogP contribution is 2.25. The van der Waals surface area contributed by atoms with E-state index in [4.69, 9.17) is 10.5 Å². The number of nitrogens with two attached hydrogens (primary N) is 1. The number of anilines is 2. The van der Waals surface area contributed by atoms with Gasteiger partial charge in [0, 0.05) is 51.5 Å². The summed E-state index contributed by atoms with van der Waals surface area (Å²) >= 11 is 0. The number of amides is 1.